The lowest BCUT2D eigenvalue weighted by Gasteiger charge is -2.42. The van der Waals surface area contributed by atoms with Gasteiger partial charge in [-0.25, -0.2) is 4.39 Å². The number of anilines is 2. The van der Waals surface area contributed by atoms with Gasteiger partial charge in [0.1, 0.15) is 11.9 Å². The highest BCUT2D eigenvalue weighted by molar-refractivity contribution is 6.35. The Bertz CT molecular complexity index is 1740. The molecule has 0 unspecified atom stereocenters. The maximum atomic E-state index is 14.4. The van der Waals surface area contributed by atoms with Gasteiger partial charge < -0.3 is 16.1 Å². The highest BCUT2D eigenvalue weighted by atomic mass is 35.5. The molecule has 0 spiro atoms. The number of benzene rings is 3. The molecule has 4 aromatic rings. The van der Waals surface area contributed by atoms with Gasteiger partial charge in [0.05, 0.1) is 33.5 Å². The van der Waals surface area contributed by atoms with Gasteiger partial charge in [-0.05, 0) is 57.4 Å². The van der Waals surface area contributed by atoms with Crippen LogP contribution in [0.25, 0.3) is 10.9 Å². The number of pyridine rings is 1. The molecule has 3 aromatic carbocycles. The molecule has 1 saturated heterocycles. The van der Waals surface area contributed by atoms with E-state index in [9.17, 15) is 9.65 Å². The van der Waals surface area contributed by atoms with Crippen LogP contribution in [0.15, 0.2) is 84.8 Å². The summed E-state index contributed by atoms with van der Waals surface area (Å²) in [5.74, 6) is -0.312. The summed E-state index contributed by atoms with van der Waals surface area (Å²) in [6, 6.07) is 23.0. The summed E-state index contributed by atoms with van der Waals surface area (Å²) in [4.78, 5) is 7.03. The van der Waals surface area contributed by atoms with Crippen LogP contribution < -0.4 is 21.6 Å². The summed E-state index contributed by atoms with van der Waals surface area (Å²) in [7, 11) is 0. The predicted molar refractivity (Wildman–Crippen MR) is 179 cm³/mol. The van der Waals surface area contributed by atoms with Crippen molar-refractivity contribution in [2.75, 3.05) is 23.7 Å². The standard InChI is InChI=1S/C35H38ClFN8/c1-35(2,3)44-15-13-27(14-16-44)45-22-31(42-43-45)33(23-9-5-4-6-10-23)41-26-17-28-32(39-20-24-11-7-8-12-30(24)37)25(19-38)21-40-34(28)29(36)18-26/h4-12,17-18,21-22,27,33,41-43H,13-16,20H2,1-3H3,(H,39,40)/t33-/m0/s1. The van der Waals surface area contributed by atoms with Crippen LogP contribution >= 0.6 is 11.6 Å². The number of nitrogens with zero attached hydrogens (tertiary/aromatic N) is 4. The smallest absolute Gasteiger partial charge is 0.128 e. The SMILES string of the molecule is CC(C)(C)N1CCC(N2C=C([C@@H](Nc3cc(Cl)c4ncc(C#N)c(NCc5ccccc5F)c4c3)c3ccccc3)NN2)CC1. The second-order valence-corrected chi connectivity index (χ2v) is 13.0. The first-order chi connectivity index (χ1) is 21.7. The Morgan fingerprint density at radius 3 is 2.53 bits per heavy atom. The van der Waals surface area contributed by atoms with Gasteiger partial charge in [-0.2, -0.15) is 5.26 Å². The van der Waals surface area contributed by atoms with E-state index >= 15 is 0 Å². The van der Waals surface area contributed by atoms with Crippen molar-refractivity contribution in [3.05, 3.63) is 112 Å². The Labute approximate surface area is 268 Å². The lowest BCUT2D eigenvalue weighted by molar-refractivity contribution is 0.0570. The molecule has 0 aliphatic carbocycles. The van der Waals surface area contributed by atoms with Crippen LogP contribution in [0.3, 0.4) is 0 Å². The molecule has 0 amide bonds. The zero-order valence-corrected chi connectivity index (χ0v) is 26.5. The van der Waals surface area contributed by atoms with Crippen LogP contribution in [0.4, 0.5) is 15.8 Å². The van der Waals surface area contributed by atoms with Crippen molar-refractivity contribution < 1.29 is 4.39 Å². The van der Waals surface area contributed by atoms with Gasteiger partial charge in [-0.1, -0.05) is 60.1 Å². The van der Waals surface area contributed by atoms with Crippen LogP contribution in [0.1, 0.15) is 56.3 Å². The molecule has 0 saturated carbocycles. The third-order valence-corrected chi connectivity index (χ3v) is 8.92. The summed E-state index contributed by atoms with van der Waals surface area (Å²) in [5, 5.41) is 20.2. The molecule has 0 radical (unpaired) electrons. The van der Waals surface area contributed by atoms with E-state index < -0.39 is 0 Å². The number of piperidine rings is 1. The molecule has 45 heavy (non-hydrogen) atoms. The fourth-order valence-corrected chi connectivity index (χ4v) is 6.37. The summed E-state index contributed by atoms with van der Waals surface area (Å²) in [5.41, 5.74) is 11.7. The predicted octanol–water partition coefficient (Wildman–Crippen LogP) is 7.09. The van der Waals surface area contributed by atoms with Crippen LogP contribution in [-0.4, -0.2) is 39.6 Å². The number of nitriles is 1. The quantitative estimate of drug-likeness (QED) is 0.165. The van der Waals surface area contributed by atoms with Crippen molar-refractivity contribution in [2.24, 2.45) is 0 Å². The Morgan fingerprint density at radius 1 is 1.09 bits per heavy atom. The van der Waals surface area contributed by atoms with E-state index in [1.54, 1.807) is 18.2 Å². The Hall–Kier alpha value is -4.36. The zero-order chi connectivity index (χ0) is 31.6. The summed E-state index contributed by atoms with van der Waals surface area (Å²) < 4.78 is 14.4. The highest BCUT2D eigenvalue weighted by Gasteiger charge is 2.32. The topological polar surface area (TPSA) is 91.3 Å². The van der Waals surface area contributed by atoms with E-state index in [0.717, 1.165) is 42.9 Å². The number of hydrogen-bond donors (Lipinski definition) is 4. The molecule has 6 rings (SSSR count). The number of rotatable bonds is 8. The van der Waals surface area contributed by atoms with Crippen LogP contribution in [0, 0.1) is 17.1 Å². The number of halogens is 2. The van der Waals surface area contributed by atoms with Gasteiger partial charge in [0.2, 0.25) is 0 Å². The monoisotopic (exact) mass is 624 g/mol. The van der Waals surface area contributed by atoms with E-state index in [1.807, 2.05) is 30.3 Å². The van der Waals surface area contributed by atoms with Gasteiger partial charge in [0.15, 0.2) is 0 Å². The third kappa shape index (κ3) is 6.69. The van der Waals surface area contributed by atoms with Crippen molar-refractivity contribution >= 4 is 33.9 Å². The second kappa shape index (κ2) is 12.9. The number of likely N-dealkylation sites (tertiary alicyclic amines) is 1. The molecule has 1 atom stereocenters. The largest absolute Gasteiger partial charge is 0.379 e. The highest BCUT2D eigenvalue weighted by Crippen LogP contribution is 2.36. The van der Waals surface area contributed by atoms with Crippen LogP contribution in [0.2, 0.25) is 5.02 Å². The van der Waals surface area contributed by atoms with Gasteiger partial charge >= 0.3 is 0 Å². The van der Waals surface area contributed by atoms with E-state index in [-0.39, 0.29) is 23.9 Å². The van der Waals surface area contributed by atoms with Gasteiger partial charge in [-0.3, -0.25) is 14.9 Å². The number of hydrazine groups is 2. The maximum absolute atomic E-state index is 14.4. The molecule has 232 valence electrons. The summed E-state index contributed by atoms with van der Waals surface area (Å²) in [6.07, 6.45) is 5.78. The first-order valence-electron chi connectivity index (χ1n) is 15.3. The van der Waals surface area contributed by atoms with E-state index in [1.165, 1.54) is 12.3 Å². The fourth-order valence-electron chi connectivity index (χ4n) is 6.10. The molecule has 10 heteroatoms. The minimum absolute atomic E-state index is 0.169. The average molecular weight is 625 g/mol. The molecule has 8 nitrogen and oxygen atoms in total. The van der Waals surface area contributed by atoms with Crippen molar-refractivity contribution in [1.29, 1.82) is 5.26 Å². The van der Waals surface area contributed by atoms with E-state index in [2.05, 4.69) is 81.7 Å². The zero-order valence-electron chi connectivity index (χ0n) is 25.7. The molecule has 0 bridgehead atoms. The Morgan fingerprint density at radius 2 is 1.82 bits per heavy atom. The van der Waals surface area contributed by atoms with Crippen molar-refractivity contribution in [3.8, 4) is 6.07 Å². The Balaban J connectivity index is 1.30. The minimum atomic E-state index is -0.312. The Kier molecular flexibility index (Phi) is 8.81. The molecule has 3 heterocycles. The average Bonchev–Trinajstić information content (AvgIpc) is 3.53. The van der Waals surface area contributed by atoms with Crippen molar-refractivity contribution in [2.45, 2.75) is 57.8 Å². The number of nitrogens with one attached hydrogen (secondary N) is 4. The molecule has 1 fully saturated rings. The van der Waals surface area contributed by atoms with Gasteiger partial charge in [-0.15, -0.1) is 5.53 Å². The van der Waals surface area contributed by atoms with Gasteiger partial charge in [0, 0.05) is 60.2 Å². The first kappa shape index (κ1) is 30.7. The van der Waals surface area contributed by atoms with E-state index in [0.29, 0.717) is 38.8 Å². The third-order valence-electron chi connectivity index (χ3n) is 8.63. The first-order valence-corrected chi connectivity index (χ1v) is 15.7. The molecule has 4 N–H and O–H groups in total. The maximum Gasteiger partial charge on any atom is 0.128 e. The lowest BCUT2D eigenvalue weighted by atomic mass is 9.98. The van der Waals surface area contributed by atoms with Crippen molar-refractivity contribution in [1.82, 2.24) is 25.9 Å². The summed E-state index contributed by atoms with van der Waals surface area (Å²) in [6.45, 7) is 9.13. The molecule has 2 aliphatic heterocycles. The lowest BCUT2D eigenvalue weighted by Crippen LogP contribution is -2.52. The summed E-state index contributed by atoms with van der Waals surface area (Å²) >= 11 is 6.80. The van der Waals surface area contributed by atoms with Gasteiger partial charge in [0.25, 0.3) is 0 Å². The van der Waals surface area contributed by atoms with Crippen LogP contribution in [-0.2, 0) is 6.54 Å². The molecular weight excluding hydrogens is 587 g/mol. The van der Waals surface area contributed by atoms with E-state index in [4.69, 9.17) is 11.6 Å². The van der Waals surface area contributed by atoms with Crippen molar-refractivity contribution in [3.63, 3.8) is 0 Å². The van der Waals surface area contributed by atoms with Crippen LogP contribution in [0.5, 0.6) is 0 Å². The second-order valence-electron chi connectivity index (χ2n) is 12.6. The number of aromatic nitrogens is 1. The molecular formula is C35H38ClFN8. The normalized spacial score (nSPS) is 16.6. The number of hydrogen-bond acceptors (Lipinski definition) is 8. The number of fused-ring (bicyclic) bond motifs is 1. The minimum Gasteiger partial charge on any atom is -0.379 e. The molecule has 1 aromatic heterocycles. The molecule has 2 aliphatic rings. The fraction of sp³-hybridized carbons (Fsp3) is 0.314.